The highest BCUT2D eigenvalue weighted by molar-refractivity contribution is 6.05. The number of pyridine rings is 2. The smallest absolute Gasteiger partial charge is 0.152 e. The van der Waals surface area contributed by atoms with Gasteiger partial charge in [-0.1, -0.05) is 18.2 Å². The molecule has 3 aromatic heterocycles. The van der Waals surface area contributed by atoms with E-state index in [1.165, 1.54) is 0 Å². The van der Waals surface area contributed by atoms with Gasteiger partial charge in [0.25, 0.3) is 0 Å². The van der Waals surface area contributed by atoms with Gasteiger partial charge in [-0.05, 0) is 44.0 Å². The van der Waals surface area contributed by atoms with Gasteiger partial charge in [0.15, 0.2) is 5.82 Å². The number of anilines is 1. The Labute approximate surface area is 180 Å². The first-order chi connectivity index (χ1) is 14.8. The van der Waals surface area contributed by atoms with E-state index >= 15 is 0 Å². The highest BCUT2D eigenvalue weighted by atomic mass is 16.5. The number of hydrogen-bond donors (Lipinski definition) is 3. The number of aliphatic hydroxyl groups excluding tert-OH is 1. The van der Waals surface area contributed by atoms with Crippen molar-refractivity contribution < 1.29 is 14.9 Å². The average Bonchev–Trinajstić information content (AvgIpc) is 3.09. The zero-order valence-electron chi connectivity index (χ0n) is 18.0. The minimum absolute atomic E-state index is 0.0284. The number of fused-ring (bicyclic) bond motifs is 3. The zero-order valence-corrected chi connectivity index (χ0v) is 18.0. The van der Waals surface area contributed by atoms with E-state index in [4.69, 9.17) is 15.5 Å². The number of rotatable bonds is 7. The molecule has 0 radical (unpaired) electrons. The SMILES string of the molecule is CCOCc1nc2c(N)nc3cc(-c4cccc(CO)c4)cnc3c2n1CC(C)(C)O. The predicted molar refractivity (Wildman–Crippen MR) is 120 cm³/mol. The Morgan fingerprint density at radius 2 is 1.94 bits per heavy atom. The molecule has 0 saturated heterocycles. The van der Waals surface area contributed by atoms with Crippen LogP contribution in [0.1, 0.15) is 32.2 Å². The van der Waals surface area contributed by atoms with Crippen LogP contribution >= 0.6 is 0 Å². The Morgan fingerprint density at radius 1 is 1.13 bits per heavy atom. The van der Waals surface area contributed by atoms with Crippen molar-refractivity contribution in [2.75, 3.05) is 12.3 Å². The highest BCUT2D eigenvalue weighted by Crippen LogP contribution is 2.31. The Bertz CT molecular complexity index is 1240. The molecule has 162 valence electrons. The minimum Gasteiger partial charge on any atom is -0.392 e. The summed E-state index contributed by atoms with van der Waals surface area (Å²) in [6, 6.07) is 9.58. The summed E-state index contributed by atoms with van der Waals surface area (Å²) in [5.74, 6) is 0.972. The van der Waals surface area contributed by atoms with Crippen LogP contribution in [-0.4, -0.2) is 41.9 Å². The van der Waals surface area contributed by atoms with Crippen LogP contribution in [-0.2, 0) is 24.5 Å². The molecule has 4 rings (SSSR count). The lowest BCUT2D eigenvalue weighted by molar-refractivity contribution is 0.0582. The Kier molecular flexibility index (Phi) is 5.62. The van der Waals surface area contributed by atoms with Crippen molar-refractivity contribution in [3.8, 4) is 11.1 Å². The fourth-order valence-electron chi connectivity index (χ4n) is 3.69. The van der Waals surface area contributed by atoms with Crippen molar-refractivity contribution in [2.45, 2.75) is 46.1 Å². The van der Waals surface area contributed by atoms with E-state index in [0.29, 0.717) is 48.0 Å². The van der Waals surface area contributed by atoms with Crippen LogP contribution in [0.5, 0.6) is 0 Å². The third kappa shape index (κ3) is 4.23. The van der Waals surface area contributed by atoms with Crippen LogP contribution in [0.4, 0.5) is 5.82 Å². The molecule has 0 bridgehead atoms. The lowest BCUT2D eigenvalue weighted by Gasteiger charge is -2.20. The Balaban J connectivity index is 1.94. The van der Waals surface area contributed by atoms with Gasteiger partial charge in [-0.2, -0.15) is 0 Å². The van der Waals surface area contributed by atoms with E-state index < -0.39 is 5.60 Å². The predicted octanol–water partition coefficient (Wildman–Crippen LogP) is 3.03. The number of aromatic nitrogens is 4. The summed E-state index contributed by atoms with van der Waals surface area (Å²) < 4.78 is 7.51. The lowest BCUT2D eigenvalue weighted by Crippen LogP contribution is -2.27. The second kappa shape index (κ2) is 8.22. The van der Waals surface area contributed by atoms with Gasteiger partial charge in [0.2, 0.25) is 0 Å². The molecule has 3 heterocycles. The topological polar surface area (TPSA) is 119 Å². The molecule has 4 aromatic rings. The molecule has 0 saturated carbocycles. The third-order valence-electron chi connectivity index (χ3n) is 5.05. The van der Waals surface area contributed by atoms with Gasteiger partial charge in [0.1, 0.15) is 29.0 Å². The largest absolute Gasteiger partial charge is 0.392 e. The first-order valence-corrected chi connectivity index (χ1v) is 10.3. The van der Waals surface area contributed by atoms with E-state index in [0.717, 1.165) is 22.2 Å². The summed E-state index contributed by atoms with van der Waals surface area (Å²) in [5.41, 5.74) is 10.5. The second-order valence-electron chi connectivity index (χ2n) is 8.21. The highest BCUT2D eigenvalue weighted by Gasteiger charge is 2.23. The Morgan fingerprint density at radius 3 is 2.65 bits per heavy atom. The molecule has 0 aliphatic heterocycles. The van der Waals surface area contributed by atoms with E-state index in [9.17, 15) is 10.2 Å². The van der Waals surface area contributed by atoms with Crippen molar-refractivity contribution in [3.63, 3.8) is 0 Å². The third-order valence-corrected chi connectivity index (χ3v) is 5.05. The van der Waals surface area contributed by atoms with Crippen LogP contribution in [0.25, 0.3) is 33.2 Å². The zero-order chi connectivity index (χ0) is 22.2. The molecule has 31 heavy (non-hydrogen) atoms. The van der Waals surface area contributed by atoms with Crippen molar-refractivity contribution in [1.82, 2.24) is 19.5 Å². The molecule has 0 unspecified atom stereocenters. The number of nitrogens with two attached hydrogens (primary N) is 1. The fourth-order valence-corrected chi connectivity index (χ4v) is 3.69. The molecule has 0 amide bonds. The van der Waals surface area contributed by atoms with Crippen molar-refractivity contribution in [2.24, 2.45) is 0 Å². The normalized spacial score (nSPS) is 12.2. The van der Waals surface area contributed by atoms with E-state index in [1.54, 1.807) is 20.0 Å². The molecular formula is C23H27N5O3. The summed E-state index contributed by atoms with van der Waals surface area (Å²) in [4.78, 5) is 13.9. The van der Waals surface area contributed by atoms with Gasteiger partial charge in [0.05, 0.1) is 24.3 Å². The Hall–Kier alpha value is -3.07. The monoisotopic (exact) mass is 421 g/mol. The van der Waals surface area contributed by atoms with Crippen molar-refractivity contribution >= 4 is 27.9 Å². The first-order valence-electron chi connectivity index (χ1n) is 10.3. The van der Waals surface area contributed by atoms with Crippen molar-refractivity contribution in [1.29, 1.82) is 0 Å². The number of ether oxygens (including phenoxy) is 1. The molecule has 8 heteroatoms. The summed E-state index contributed by atoms with van der Waals surface area (Å²) >= 11 is 0. The molecular weight excluding hydrogens is 394 g/mol. The van der Waals surface area contributed by atoms with Crippen LogP contribution in [0, 0.1) is 0 Å². The fraction of sp³-hybridized carbons (Fsp3) is 0.348. The average molecular weight is 422 g/mol. The summed E-state index contributed by atoms with van der Waals surface area (Å²) in [5, 5.41) is 19.9. The number of aliphatic hydroxyl groups is 2. The van der Waals surface area contributed by atoms with Gasteiger partial charge >= 0.3 is 0 Å². The van der Waals surface area contributed by atoms with Gasteiger partial charge in [0, 0.05) is 18.4 Å². The quantitative estimate of drug-likeness (QED) is 0.419. The first kappa shape index (κ1) is 21.2. The number of benzene rings is 1. The second-order valence-corrected chi connectivity index (χ2v) is 8.21. The molecule has 0 aliphatic rings. The summed E-state index contributed by atoms with van der Waals surface area (Å²) in [6.45, 7) is 6.55. The maximum atomic E-state index is 10.5. The van der Waals surface area contributed by atoms with Crippen LogP contribution < -0.4 is 5.73 Å². The maximum Gasteiger partial charge on any atom is 0.152 e. The molecule has 0 aliphatic carbocycles. The van der Waals surface area contributed by atoms with Gasteiger partial charge < -0.3 is 25.3 Å². The molecule has 0 atom stereocenters. The van der Waals surface area contributed by atoms with Crippen LogP contribution in [0.2, 0.25) is 0 Å². The number of hydrogen-bond acceptors (Lipinski definition) is 7. The number of nitrogens with zero attached hydrogens (tertiary/aromatic N) is 4. The minimum atomic E-state index is -0.969. The maximum absolute atomic E-state index is 10.5. The lowest BCUT2D eigenvalue weighted by atomic mass is 10.0. The van der Waals surface area contributed by atoms with E-state index in [-0.39, 0.29) is 6.61 Å². The van der Waals surface area contributed by atoms with Crippen LogP contribution in [0.3, 0.4) is 0 Å². The van der Waals surface area contributed by atoms with Crippen LogP contribution in [0.15, 0.2) is 36.5 Å². The molecule has 0 spiro atoms. The standard InChI is InChI=1S/C23H27N5O3/c1-4-31-12-18-27-20-21(28(18)13-23(2,3)30)19-17(26-22(20)24)9-16(10-25-19)15-7-5-6-14(8-15)11-29/h5-10,29-30H,4,11-13H2,1-3H3,(H2,24,26). The van der Waals surface area contributed by atoms with E-state index in [1.807, 2.05) is 41.8 Å². The van der Waals surface area contributed by atoms with Gasteiger partial charge in [-0.3, -0.25) is 4.98 Å². The van der Waals surface area contributed by atoms with E-state index in [2.05, 4.69) is 9.97 Å². The molecule has 8 nitrogen and oxygen atoms in total. The number of nitrogen functional groups attached to an aromatic ring is 1. The number of imidazole rings is 1. The van der Waals surface area contributed by atoms with Crippen molar-refractivity contribution in [3.05, 3.63) is 47.9 Å². The molecule has 4 N–H and O–H groups in total. The summed E-state index contributed by atoms with van der Waals surface area (Å²) in [6.07, 6.45) is 1.78. The van der Waals surface area contributed by atoms with Gasteiger partial charge in [-0.25, -0.2) is 9.97 Å². The summed E-state index contributed by atoms with van der Waals surface area (Å²) in [7, 11) is 0. The molecule has 0 fully saturated rings. The molecule has 1 aromatic carbocycles. The van der Waals surface area contributed by atoms with Gasteiger partial charge in [-0.15, -0.1) is 0 Å².